The standard InChI is InChI=1S/C33H44N6O4/c1-21(26-19-34-27-11-9-8-10-25(26)27)29(36-32(43)39-16-14-38(15-17-39)31(42)33(3,4)5)30(41)35-28-18-23(20-37(6)7)12-13-24(28)22(2)40/h8-13,18-19,21,29,34H,14-17,20H2,1-7H3,(H,35,41)(H,36,43)/t21-,29+/m0/s1. The predicted octanol–water partition coefficient (Wildman–Crippen LogP) is 4.44. The minimum atomic E-state index is -0.946. The van der Waals surface area contributed by atoms with Crippen LogP contribution < -0.4 is 10.6 Å². The van der Waals surface area contributed by atoms with E-state index in [1.807, 2.05) is 89.3 Å². The third-order valence-corrected chi connectivity index (χ3v) is 7.89. The van der Waals surface area contributed by atoms with E-state index < -0.39 is 23.3 Å². The summed E-state index contributed by atoms with van der Waals surface area (Å²) < 4.78 is 0. The lowest BCUT2D eigenvalue weighted by Crippen LogP contribution is -2.57. The first-order valence-electron chi connectivity index (χ1n) is 14.8. The van der Waals surface area contributed by atoms with Gasteiger partial charge in [0, 0.05) is 66.7 Å². The number of amides is 4. The number of H-pyrrole nitrogens is 1. The maximum atomic E-state index is 14.0. The minimum Gasteiger partial charge on any atom is -0.361 e. The Hall–Kier alpha value is -4.18. The van der Waals surface area contributed by atoms with Gasteiger partial charge in [0.2, 0.25) is 11.8 Å². The van der Waals surface area contributed by atoms with Crippen molar-refractivity contribution in [3.05, 3.63) is 65.4 Å². The maximum absolute atomic E-state index is 14.0. The molecule has 43 heavy (non-hydrogen) atoms. The van der Waals surface area contributed by atoms with E-state index in [2.05, 4.69) is 15.6 Å². The number of nitrogens with zero attached hydrogens (tertiary/aromatic N) is 3. The van der Waals surface area contributed by atoms with Gasteiger partial charge in [0.1, 0.15) is 6.04 Å². The Morgan fingerprint density at radius 3 is 2.26 bits per heavy atom. The van der Waals surface area contributed by atoms with Gasteiger partial charge in [-0.25, -0.2) is 4.79 Å². The fourth-order valence-electron chi connectivity index (χ4n) is 5.55. The lowest BCUT2D eigenvalue weighted by molar-refractivity contribution is -0.140. The fraction of sp³-hybridized carbons (Fsp3) is 0.455. The number of carbonyl (C=O) groups excluding carboxylic acids is 4. The number of carbonyl (C=O) groups is 4. The molecule has 1 fully saturated rings. The molecule has 1 aliphatic heterocycles. The van der Waals surface area contributed by atoms with Crippen LogP contribution in [0.4, 0.5) is 10.5 Å². The first kappa shape index (κ1) is 31.7. The summed E-state index contributed by atoms with van der Waals surface area (Å²) in [5, 5.41) is 6.93. The molecular formula is C33H44N6O4. The van der Waals surface area contributed by atoms with Gasteiger partial charge in [-0.2, -0.15) is 0 Å². The maximum Gasteiger partial charge on any atom is 0.318 e. The van der Waals surface area contributed by atoms with Gasteiger partial charge in [-0.3, -0.25) is 14.4 Å². The number of piperazine rings is 1. The minimum absolute atomic E-state index is 0.0514. The Bertz CT molecular complexity index is 1500. The number of anilines is 1. The van der Waals surface area contributed by atoms with Gasteiger partial charge in [-0.05, 0) is 50.3 Å². The Kier molecular flexibility index (Phi) is 9.59. The molecule has 0 aliphatic carbocycles. The molecule has 1 aliphatic rings. The number of hydrogen-bond donors (Lipinski definition) is 3. The highest BCUT2D eigenvalue weighted by atomic mass is 16.2. The second-order valence-corrected chi connectivity index (χ2v) is 12.7. The molecule has 0 spiro atoms. The van der Waals surface area contributed by atoms with Crippen molar-refractivity contribution in [3.63, 3.8) is 0 Å². The topological polar surface area (TPSA) is 118 Å². The molecule has 0 saturated carbocycles. The third kappa shape index (κ3) is 7.43. The molecule has 10 nitrogen and oxygen atoms in total. The number of para-hydroxylation sites is 1. The van der Waals surface area contributed by atoms with Crippen LogP contribution in [0.3, 0.4) is 0 Å². The number of fused-ring (bicyclic) bond motifs is 1. The molecule has 4 amide bonds. The van der Waals surface area contributed by atoms with Crippen LogP contribution in [0.5, 0.6) is 0 Å². The number of aromatic nitrogens is 1. The highest BCUT2D eigenvalue weighted by Crippen LogP contribution is 2.29. The molecule has 3 N–H and O–H groups in total. The van der Waals surface area contributed by atoms with Crippen molar-refractivity contribution < 1.29 is 19.2 Å². The summed E-state index contributed by atoms with van der Waals surface area (Å²) in [6, 6.07) is 11.9. The van der Waals surface area contributed by atoms with Crippen LogP contribution in [-0.4, -0.2) is 89.6 Å². The number of Topliss-reactive ketones (excluding diaryl/α,β-unsaturated/α-hetero) is 1. The number of rotatable bonds is 8. The van der Waals surface area contributed by atoms with Crippen LogP contribution in [0.15, 0.2) is 48.7 Å². The van der Waals surface area contributed by atoms with E-state index in [0.29, 0.717) is 44.0 Å². The van der Waals surface area contributed by atoms with E-state index in [-0.39, 0.29) is 17.7 Å². The summed E-state index contributed by atoms with van der Waals surface area (Å²) >= 11 is 0. The first-order chi connectivity index (χ1) is 20.3. The van der Waals surface area contributed by atoms with Crippen molar-refractivity contribution in [1.82, 2.24) is 25.0 Å². The van der Waals surface area contributed by atoms with Crippen molar-refractivity contribution in [2.24, 2.45) is 5.41 Å². The van der Waals surface area contributed by atoms with Crippen LogP contribution >= 0.6 is 0 Å². The van der Waals surface area contributed by atoms with Gasteiger partial charge in [-0.1, -0.05) is 52.0 Å². The predicted molar refractivity (Wildman–Crippen MR) is 169 cm³/mol. The summed E-state index contributed by atoms with van der Waals surface area (Å²) in [5.74, 6) is -0.943. The average molecular weight is 589 g/mol. The molecule has 10 heteroatoms. The number of hydrogen-bond acceptors (Lipinski definition) is 5. The second kappa shape index (κ2) is 13.0. The largest absolute Gasteiger partial charge is 0.361 e. The van der Waals surface area contributed by atoms with Crippen LogP contribution in [0, 0.1) is 5.41 Å². The zero-order chi connectivity index (χ0) is 31.5. The normalized spacial score (nSPS) is 15.3. The van der Waals surface area contributed by atoms with Crippen LogP contribution in [-0.2, 0) is 16.1 Å². The molecule has 2 heterocycles. The van der Waals surface area contributed by atoms with Crippen molar-refractivity contribution in [3.8, 4) is 0 Å². The van der Waals surface area contributed by atoms with Gasteiger partial charge in [-0.15, -0.1) is 0 Å². The van der Waals surface area contributed by atoms with E-state index in [4.69, 9.17) is 0 Å². The average Bonchev–Trinajstić information content (AvgIpc) is 3.38. The summed E-state index contributed by atoms with van der Waals surface area (Å²) in [5.41, 5.74) is 3.09. The van der Waals surface area contributed by atoms with Crippen molar-refractivity contribution >= 4 is 40.2 Å². The number of benzene rings is 2. The summed E-state index contributed by atoms with van der Waals surface area (Å²) in [6.45, 7) is 11.3. The molecule has 0 bridgehead atoms. The molecule has 3 aromatic rings. The first-order valence-corrected chi connectivity index (χ1v) is 14.8. The fourth-order valence-corrected chi connectivity index (χ4v) is 5.55. The zero-order valence-electron chi connectivity index (χ0n) is 26.3. The SMILES string of the molecule is CC(=O)c1ccc(CN(C)C)cc1NC(=O)[C@H](NC(=O)N1CCN(C(=O)C(C)(C)C)CC1)[C@@H](C)c1c[nH]c2ccccc12. The van der Waals surface area contributed by atoms with Crippen molar-refractivity contribution in [2.75, 3.05) is 45.6 Å². The summed E-state index contributed by atoms with van der Waals surface area (Å²) in [6.07, 6.45) is 1.87. The smallest absolute Gasteiger partial charge is 0.318 e. The number of nitrogens with one attached hydrogen (secondary N) is 3. The lowest BCUT2D eigenvalue weighted by atomic mass is 9.92. The molecule has 1 aromatic heterocycles. The summed E-state index contributed by atoms with van der Waals surface area (Å²) in [4.78, 5) is 61.5. The summed E-state index contributed by atoms with van der Waals surface area (Å²) in [7, 11) is 3.90. The van der Waals surface area contributed by atoms with E-state index in [0.717, 1.165) is 22.0 Å². The van der Waals surface area contributed by atoms with Gasteiger partial charge >= 0.3 is 6.03 Å². The van der Waals surface area contributed by atoms with E-state index in [9.17, 15) is 19.2 Å². The van der Waals surface area contributed by atoms with Crippen molar-refractivity contribution in [1.29, 1.82) is 0 Å². The quantitative estimate of drug-likeness (QED) is 0.336. The molecule has 4 rings (SSSR count). The van der Waals surface area contributed by atoms with E-state index in [1.165, 1.54) is 6.92 Å². The Balaban J connectivity index is 1.60. The van der Waals surface area contributed by atoms with Gasteiger partial charge in [0.25, 0.3) is 0 Å². The molecule has 2 aromatic carbocycles. The Labute approximate surface area is 253 Å². The molecule has 0 unspecified atom stereocenters. The van der Waals surface area contributed by atoms with Crippen LogP contribution in [0.1, 0.15) is 62.0 Å². The molecule has 0 radical (unpaired) electrons. The zero-order valence-corrected chi connectivity index (χ0v) is 26.3. The van der Waals surface area contributed by atoms with E-state index >= 15 is 0 Å². The number of aromatic amines is 1. The third-order valence-electron chi connectivity index (χ3n) is 7.89. The number of urea groups is 1. The van der Waals surface area contributed by atoms with Crippen molar-refractivity contribution in [2.45, 2.75) is 53.1 Å². The second-order valence-electron chi connectivity index (χ2n) is 12.7. The highest BCUT2D eigenvalue weighted by Gasteiger charge is 2.34. The lowest BCUT2D eigenvalue weighted by Gasteiger charge is -2.38. The van der Waals surface area contributed by atoms with E-state index in [1.54, 1.807) is 15.9 Å². The van der Waals surface area contributed by atoms with Crippen LogP contribution in [0.25, 0.3) is 10.9 Å². The van der Waals surface area contributed by atoms with Crippen LogP contribution in [0.2, 0.25) is 0 Å². The number of ketones is 1. The Morgan fingerprint density at radius 1 is 0.977 bits per heavy atom. The van der Waals surface area contributed by atoms with Gasteiger partial charge in [0.15, 0.2) is 5.78 Å². The van der Waals surface area contributed by atoms with Gasteiger partial charge < -0.3 is 30.3 Å². The Morgan fingerprint density at radius 2 is 1.63 bits per heavy atom. The molecular weight excluding hydrogens is 544 g/mol. The molecule has 2 atom stereocenters. The highest BCUT2D eigenvalue weighted by molar-refractivity contribution is 6.06. The molecule has 1 saturated heterocycles. The monoisotopic (exact) mass is 588 g/mol. The molecule has 230 valence electrons. The van der Waals surface area contributed by atoms with Gasteiger partial charge in [0.05, 0.1) is 5.69 Å².